The van der Waals surface area contributed by atoms with Crippen molar-refractivity contribution in [1.29, 1.82) is 0 Å². The van der Waals surface area contributed by atoms with Gasteiger partial charge in [-0.1, -0.05) is 36.4 Å². The molecule has 0 atom stereocenters. The van der Waals surface area contributed by atoms with Crippen LogP contribution in [0.25, 0.3) is 0 Å². The van der Waals surface area contributed by atoms with Crippen molar-refractivity contribution in [2.45, 2.75) is 51.8 Å². The maximum Gasteiger partial charge on any atom is 0.460 e. The molecular weight excluding hydrogens is 653 g/mol. The van der Waals surface area contributed by atoms with Gasteiger partial charge in [-0.2, -0.15) is 39.5 Å². The summed E-state index contributed by atoms with van der Waals surface area (Å²) in [5, 5.41) is -5.46. The summed E-state index contributed by atoms with van der Waals surface area (Å²) in [6.07, 6.45) is -7.16. The van der Waals surface area contributed by atoms with E-state index >= 15 is 0 Å². The number of nitrogens with zero attached hydrogens (tertiary/aromatic N) is 1. The number of hydroxylamine groups is 2. The summed E-state index contributed by atoms with van der Waals surface area (Å²) in [7, 11) is -7.63. The highest BCUT2D eigenvalue weighted by molar-refractivity contribution is 7.97. The van der Waals surface area contributed by atoms with Gasteiger partial charge in [0.15, 0.2) is 24.8 Å². The van der Waals surface area contributed by atoms with E-state index in [2.05, 4.69) is 48.5 Å². The van der Waals surface area contributed by atoms with E-state index in [-0.39, 0.29) is 16.9 Å². The molecule has 6 nitrogen and oxygen atoms in total. The minimum absolute atomic E-state index is 0.213. The molecule has 0 aliphatic carbocycles. The Bertz CT molecular complexity index is 1430. The predicted octanol–water partition coefficient (Wildman–Crippen LogP) is 7.15. The van der Waals surface area contributed by atoms with Crippen LogP contribution in [0.5, 0.6) is 0 Å². The minimum atomic E-state index is -7.43. The molecular formula is C27H24F9NO5S2. The van der Waals surface area contributed by atoms with Gasteiger partial charge in [0.2, 0.25) is 0 Å². The lowest BCUT2D eigenvalue weighted by molar-refractivity contribution is -0.382. The van der Waals surface area contributed by atoms with Crippen molar-refractivity contribution in [3.63, 3.8) is 0 Å². The molecule has 0 amide bonds. The van der Waals surface area contributed by atoms with E-state index in [0.717, 1.165) is 0 Å². The van der Waals surface area contributed by atoms with E-state index in [1.54, 1.807) is 5.06 Å². The van der Waals surface area contributed by atoms with Gasteiger partial charge in [-0.3, -0.25) is 0 Å². The van der Waals surface area contributed by atoms with Crippen LogP contribution in [-0.2, 0) is 25.9 Å². The van der Waals surface area contributed by atoms with Crippen LogP contribution in [0, 0.1) is 0 Å². The topological polar surface area (TPSA) is 86.7 Å². The van der Waals surface area contributed by atoms with Crippen molar-refractivity contribution in [3.8, 4) is 0 Å². The first-order chi connectivity index (χ1) is 20.2. The van der Waals surface area contributed by atoms with Crippen LogP contribution < -0.4 is 0 Å². The summed E-state index contributed by atoms with van der Waals surface area (Å²) in [5.41, 5.74) is 0.565. The first kappa shape index (κ1) is 36.9. The van der Waals surface area contributed by atoms with Crippen LogP contribution in [0.15, 0.2) is 99.6 Å². The summed E-state index contributed by atoms with van der Waals surface area (Å²) >= 11 is 0. The van der Waals surface area contributed by atoms with Gasteiger partial charge < -0.3 is 9.39 Å². The van der Waals surface area contributed by atoms with E-state index in [0.29, 0.717) is 18.7 Å². The second kappa shape index (κ2) is 14.2. The molecule has 0 aliphatic rings. The quantitative estimate of drug-likeness (QED) is 0.0981. The number of carbonyl (C=O) groups is 1. The number of alkyl halides is 9. The Morgan fingerprint density at radius 2 is 1.09 bits per heavy atom. The molecule has 0 fully saturated rings. The van der Waals surface area contributed by atoms with Gasteiger partial charge in [-0.05, 0) is 62.4 Å². The second-order valence-electron chi connectivity index (χ2n) is 8.57. The molecule has 242 valence electrons. The molecule has 0 spiro atoms. The third-order valence-corrected chi connectivity index (χ3v) is 8.75. The fraction of sp³-hybridized carbons (Fsp3) is 0.296. The fourth-order valence-electron chi connectivity index (χ4n) is 3.29. The number of benzene rings is 3. The van der Waals surface area contributed by atoms with E-state index in [4.69, 9.17) is 4.84 Å². The normalized spacial score (nSPS) is 13.0. The molecule has 0 saturated carbocycles. The lowest BCUT2D eigenvalue weighted by Crippen LogP contribution is -2.63. The van der Waals surface area contributed by atoms with Gasteiger partial charge >= 0.3 is 29.2 Å². The standard InChI is InChI=1S/C23H24NO2S.C4HF9O3S/c1-3-24(4-2)26-23(25)19-15-17-22(18-16-19)27(20-11-7-5-8-12-20)21-13-9-6-10-14-21;5-1(6,3(9,10)11)2(7,8)4(12,13)17(14,15)16/h5-18H,3-4H2,1-2H3;(H,14,15,16)/q+1;/p-1. The smallest absolute Gasteiger partial charge is 0.460 e. The van der Waals surface area contributed by atoms with Gasteiger partial charge in [0, 0.05) is 13.1 Å². The third-order valence-electron chi connectivity index (χ3n) is 5.63. The summed E-state index contributed by atoms with van der Waals surface area (Å²) in [6, 6.07) is 28.7. The van der Waals surface area contributed by atoms with Crippen LogP contribution in [-0.4, -0.2) is 60.4 Å². The number of rotatable bonds is 10. The zero-order valence-corrected chi connectivity index (χ0v) is 24.3. The van der Waals surface area contributed by atoms with Crippen LogP contribution in [0.2, 0.25) is 0 Å². The van der Waals surface area contributed by atoms with Gasteiger partial charge in [0.1, 0.15) is 0 Å². The lowest BCUT2D eigenvalue weighted by atomic mass is 10.1. The number of carbonyl (C=O) groups excluding carboxylic acids is 1. The highest BCUT2D eigenvalue weighted by Gasteiger charge is 2.83. The Morgan fingerprint density at radius 3 is 1.43 bits per heavy atom. The van der Waals surface area contributed by atoms with Gasteiger partial charge in [0.05, 0.1) is 16.5 Å². The molecule has 0 radical (unpaired) electrons. The predicted molar refractivity (Wildman–Crippen MR) is 140 cm³/mol. The van der Waals surface area contributed by atoms with Crippen LogP contribution in [0.3, 0.4) is 0 Å². The molecule has 0 aliphatic heterocycles. The molecule has 0 bridgehead atoms. The Labute approximate surface area is 249 Å². The number of hydrogen-bond donors (Lipinski definition) is 0. The zero-order valence-electron chi connectivity index (χ0n) is 22.7. The monoisotopic (exact) mass is 677 g/mol. The van der Waals surface area contributed by atoms with Crippen LogP contribution in [0.4, 0.5) is 39.5 Å². The van der Waals surface area contributed by atoms with Gasteiger partial charge in [0.25, 0.3) is 0 Å². The summed E-state index contributed by atoms with van der Waals surface area (Å²) < 4.78 is 135. The lowest BCUT2D eigenvalue weighted by Gasteiger charge is -2.34. The molecule has 0 heterocycles. The van der Waals surface area contributed by atoms with Gasteiger partial charge in [-0.15, -0.1) is 5.06 Å². The zero-order chi connectivity index (χ0) is 33.6. The van der Waals surface area contributed by atoms with E-state index < -0.39 is 33.4 Å². The maximum atomic E-state index is 12.3. The first-order valence-corrected chi connectivity index (χ1v) is 14.9. The van der Waals surface area contributed by atoms with Gasteiger partial charge in [-0.25, -0.2) is 13.2 Å². The van der Waals surface area contributed by atoms with E-state index in [1.165, 1.54) is 14.7 Å². The van der Waals surface area contributed by atoms with Crippen LogP contribution >= 0.6 is 0 Å². The first-order valence-electron chi connectivity index (χ1n) is 12.3. The summed E-state index contributed by atoms with van der Waals surface area (Å²) in [6.45, 7) is 5.27. The number of halogens is 9. The highest BCUT2D eigenvalue weighted by atomic mass is 32.2. The van der Waals surface area contributed by atoms with Crippen molar-refractivity contribution in [2.75, 3.05) is 13.1 Å². The summed E-state index contributed by atoms with van der Waals surface area (Å²) in [4.78, 5) is 21.4. The highest BCUT2D eigenvalue weighted by Crippen LogP contribution is 2.54. The minimum Gasteiger partial charge on any atom is -0.743 e. The van der Waals surface area contributed by atoms with Crippen molar-refractivity contribution in [1.82, 2.24) is 5.06 Å². The van der Waals surface area contributed by atoms with Crippen LogP contribution in [0.1, 0.15) is 24.2 Å². The molecule has 0 N–H and O–H groups in total. The Morgan fingerprint density at radius 1 is 0.705 bits per heavy atom. The maximum absolute atomic E-state index is 12.3. The Balaban J connectivity index is 0.000000345. The van der Waals surface area contributed by atoms with Crippen molar-refractivity contribution in [2.24, 2.45) is 0 Å². The summed E-state index contributed by atoms with van der Waals surface area (Å²) in [5.74, 6) is -15.1. The second-order valence-corrected chi connectivity index (χ2v) is 12.0. The molecule has 0 saturated heterocycles. The van der Waals surface area contributed by atoms with E-state index in [1.807, 2.05) is 50.2 Å². The molecule has 17 heteroatoms. The van der Waals surface area contributed by atoms with E-state index in [9.17, 15) is 57.3 Å². The fourth-order valence-corrected chi connectivity index (χ4v) is 5.81. The van der Waals surface area contributed by atoms with Crippen molar-refractivity contribution < 1.29 is 62.1 Å². The SMILES string of the molecule is CCN(CC)OC(=O)c1ccc([S+](c2ccccc2)c2ccccc2)cc1.O=S(=O)([O-])C(F)(F)C(F)(F)C(F)(F)C(F)(F)F. The Kier molecular flexibility index (Phi) is 11.9. The molecule has 3 aromatic rings. The molecule has 0 unspecified atom stereocenters. The number of hydrogen-bond acceptors (Lipinski definition) is 6. The molecule has 0 aromatic heterocycles. The molecule has 44 heavy (non-hydrogen) atoms. The average Bonchev–Trinajstić information content (AvgIpc) is 2.96. The Hall–Kier alpha value is -3.28. The molecule has 3 rings (SSSR count). The average molecular weight is 678 g/mol. The van der Waals surface area contributed by atoms with Crippen molar-refractivity contribution >= 4 is 27.0 Å². The molecule has 3 aromatic carbocycles. The third kappa shape index (κ3) is 8.05. The largest absolute Gasteiger partial charge is 0.743 e. The van der Waals surface area contributed by atoms with Crippen molar-refractivity contribution in [3.05, 3.63) is 90.5 Å².